The average molecular weight is 462 g/mol. The van der Waals surface area contributed by atoms with Crippen molar-refractivity contribution in [3.63, 3.8) is 0 Å². The van der Waals surface area contributed by atoms with Gasteiger partial charge in [0.25, 0.3) is 5.91 Å². The maximum absolute atomic E-state index is 12.9. The summed E-state index contributed by atoms with van der Waals surface area (Å²) in [6, 6.07) is 25.3. The first kappa shape index (κ1) is 22.3. The highest BCUT2D eigenvalue weighted by Gasteiger charge is 2.17. The number of hydrogen-bond acceptors (Lipinski definition) is 5. The Morgan fingerprint density at radius 3 is 2.24 bits per heavy atom. The first-order chi connectivity index (χ1) is 15.8. The number of benzene rings is 3. The van der Waals surface area contributed by atoms with Gasteiger partial charge in [0.05, 0.1) is 23.4 Å². The largest absolute Gasteiger partial charge is 0.497 e. The van der Waals surface area contributed by atoms with E-state index < -0.39 is 9.84 Å². The van der Waals surface area contributed by atoms with Gasteiger partial charge in [0.2, 0.25) is 0 Å². The molecule has 0 saturated heterocycles. The van der Waals surface area contributed by atoms with E-state index in [2.05, 4.69) is 10.4 Å². The van der Waals surface area contributed by atoms with Gasteiger partial charge < -0.3 is 10.1 Å². The monoisotopic (exact) mass is 461 g/mol. The van der Waals surface area contributed by atoms with Crippen molar-refractivity contribution >= 4 is 15.7 Å². The third kappa shape index (κ3) is 5.12. The van der Waals surface area contributed by atoms with Gasteiger partial charge in [-0.15, -0.1) is 0 Å². The molecule has 4 aromatic rings. The molecule has 0 atom stereocenters. The summed E-state index contributed by atoms with van der Waals surface area (Å²) in [5.74, 6) is 0.413. The quantitative estimate of drug-likeness (QED) is 0.451. The Morgan fingerprint density at radius 2 is 1.64 bits per heavy atom. The number of amides is 1. The lowest BCUT2D eigenvalue weighted by Gasteiger charge is -2.08. The molecular formula is C25H23N3O4S. The van der Waals surface area contributed by atoms with Crippen LogP contribution in [0, 0.1) is 0 Å². The van der Waals surface area contributed by atoms with Crippen LogP contribution in [0.4, 0.5) is 0 Å². The van der Waals surface area contributed by atoms with Crippen molar-refractivity contribution in [2.45, 2.75) is 11.4 Å². The summed E-state index contributed by atoms with van der Waals surface area (Å²) in [7, 11) is -1.65. The Bertz CT molecular complexity index is 1360. The summed E-state index contributed by atoms with van der Waals surface area (Å²) in [6.45, 7) is 0.249. The number of nitrogens with zero attached hydrogens (tertiary/aromatic N) is 2. The number of carbonyl (C=O) groups excluding carboxylic acids is 1. The van der Waals surface area contributed by atoms with Crippen LogP contribution in [0.1, 0.15) is 16.1 Å². The van der Waals surface area contributed by atoms with Crippen LogP contribution in [-0.2, 0) is 16.4 Å². The molecule has 4 rings (SSSR count). The topological polar surface area (TPSA) is 90.3 Å². The smallest absolute Gasteiger partial charge is 0.272 e. The van der Waals surface area contributed by atoms with Crippen molar-refractivity contribution in [1.82, 2.24) is 15.1 Å². The van der Waals surface area contributed by atoms with E-state index in [0.29, 0.717) is 0 Å². The zero-order valence-corrected chi connectivity index (χ0v) is 19.0. The van der Waals surface area contributed by atoms with E-state index in [9.17, 15) is 13.2 Å². The summed E-state index contributed by atoms with van der Waals surface area (Å²) in [4.78, 5) is 13.1. The second kappa shape index (κ2) is 9.30. The summed E-state index contributed by atoms with van der Waals surface area (Å²) < 4.78 is 30.2. The third-order valence-electron chi connectivity index (χ3n) is 5.13. The second-order valence-corrected chi connectivity index (χ2v) is 9.51. The molecular weight excluding hydrogens is 438 g/mol. The Labute approximate surface area is 192 Å². The fraction of sp³-hybridized carbons (Fsp3) is 0.120. The molecule has 0 aliphatic heterocycles. The molecule has 0 aliphatic carbocycles. The summed E-state index contributed by atoms with van der Waals surface area (Å²) in [5.41, 5.74) is 3.55. The van der Waals surface area contributed by atoms with Crippen molar-refractivity contribution < 1.29 is 17.9 Å². The Balaban J connectivity index is 1.59. The van der Waals surface area contributed by atoms with Gasteiger partial charge in [0.1, 0.15) is 5.75 Å². The van der Waals surface area contributed by atoms with E-state index in [1.807, 2.05) is 54.6 Å². The molecule has 0 unspecified atom stereocenters. The number of carbonyl (C=O) groups is 1. The van der Waals surface area contributed by atoms with Gasteiger partial charge >= 0.3 is 0 Å². The van der Waals surface area contributed by atoms with Crippen LogP contribution in [0.3, 0.4) is 0 Å². The first-order valence-corrected chi connectivity index (χ1v) is 12.1. The van der Waals surface area contributed by atoms with Crippen LogP contribution in [-0.4, -0.2) is 37.5 Å². The van der Waals surface area contributed by atoms with Crippen LogP contribution < -0.4 is 10.1 Å². The molecule has 168 valence electrons. The number of ether oxygens (including phenoxy) is 1. The van der Waals surface area contributed by atoms with Crippen molar-refractivity contribution in [1.29, 1.82) is 0 Å². The molecule has 7 nitrogen and oxygen atoms in total. The van der Waals surface area contributed by atoms with E-state index in [1.165, 1.54) is 12.1 Å². The summed E-state index contributed by atoms with van der Waals surface area (Å²) >= 11 is 0. The number of hydrogen-bond donors (Lipinski definition) is 1. The maximum atomic E-state index is 12.9. The lowest BCUT2D eigenvalue weighted by Crippen LogP contribution is -2.23. The number of sulfone groups is 1. The minimum Gasteiger partial charge on any atom is -0.497 e. The fourth-order valence-corrected chi connectivity index (χ4v) is 3.98. The van der Waals surface area contributed by atoms with Gasteiger partial charge in [-0.25, -0.2) is 13.1 Å². The van der Waals surface area contributed by atoms with Gasteiger partial charge in [-0.3, -0.25) is 4.79 Å². The zero-order chi connectivity index (χ0) is 23.4. The summed E-state index contributed by atoms with van der Waals surface area (Å²) in [6.07, 6.45) is 1.16. The Hall–Kier alpha value is -3.91. The molecule has 0 spiro atoms. The van der Waals surface area contributed by atoms with E-state index in [1.54, 1.807) is 30.0 Å². The van der Waals surface area contributed by atoms with Crippen molar-refractivity contribution in [3.8, 4) is 22.7 Å². The highest BCUT2D eigenvalue weighted by molar-refractivity contribution is 7.90. The zero-order valence-electron chi connectivity index (χ0n) is 18.2. The van der Waals surface area contributed by atoms with Gasteiger partial charge in [0.15, 0.2) is 15.5 Å². The van der Waals surface area contributed by atoms with E-state index in [-0.39, 0.29) is 23.0 Å². The molecule has 1 heterocycles. The van der Waals surface area contributed by atoms with Gasteiger partial charge in [-0.05, 0) is 60.2 Å². The third-order valence-corrected chi connectivity index (χ3v) is 6.26. The molecule has 8 heteroatoms. The predicted molar refractivity (Wildman–Crippen MR) is 126 cm³/mol. The molecule has 0 fully saturated rings. The van der Waals surface area contributed by atoms with Gasteiger partial charge in [-0.2, -0.15) is 5.10 Å². The predicted octanol–water partition coefficient (Wildman–Crippen LogP) is 3.88. The highest BCUT2D eigenvalue weighted by atomic mass is 32.2. The van der Waals surface area contributed by atoms with Gasteiger partial charge in [0, 0.05) is 18.4 Å². The van der Waals surface area contributed by atoms with Gasteiger partial charge in [-0.1, -0.05) is 30.3 Å². The molecule has 0 saturated carbocycles. The minimum absolute atomic E-state index is 0.239. The molecule has 1 aromatic heterocycles. The van der Waals surface area contributed by atoms with Crippen LogP contribution in [0.25, 0.3) is 16.9 Å². The molecule has 1 N–H and O–H groups in total. The second-order valence-electron chi connectivity index (χ2n) is 7.49. The van der Waals surface area contributed by atoms with Crippen LogP contribution >= 0.6 is 0 Å². The molecule has 1 amide bonds. The Morgan fingerprint density at radius 1 is 0.970 bits per heavy atom. The van der Waals surface area contributed by atoms with Crippen LogP contribution in [0.2, 0.25) is 0 Å². The normalized spacial score (nSPS) is 11.2. The fourth-order valence-electron chi connectivity index (χ4n) is 3.35. The number of rotatable bonds is 7. The van der Waals surface area contributed by atoms with E-state index in [0.717, 1.165) is 34.5 Å². The number of nitrogens with one attached hydrogen (secondary N) is 1. The molecule has 0 bridgehead atoms. The van der Waals surface area contributed by atoms with E-state index in [4.69, 9.17) is 4.74 Å². The maximum Gasteiger partial charge on any atom is 0.272 e. The standard InChI is InChI=1S/C25H23N3O4S/c1-32-21-12-10-19(11-13-21)24-16-23(27-28(24)20-6-4-3-5-7-20)25(29)26-17-18-8-14-22(15-9-18)33(2,30)31/h3-16H,17H2,1-2H3,(H,26,29). The SMILES string of the molecule is COc1ccc(-c2cc(C(=O)NCc3ccc(S(C)(=O)=O)cc3)nn2-c2ccccc2)cc1. The first-order valence-electron chi connectivity index (χ1n) is 10.2. The molecule has 3 aromatic carbocycles. The number of para-hydroxylation sites is 1. The van der Waals surface area contributed by atoms with Crippen molar-refractivity contribution in [2.75, 3.05) is 13.4 Å². The van der Waals surface area contributed by atoms with E-state index >= 15 is 0 Å². The summed E-state index contributed by atoms with van der Waals surface area (Å²) in [5, 5.41) is 7.40. The Kier molecular flexibility index (Phi) is 6.28. The minimum atomic E-state index is -3.26. The average Bonchev–Trinajstić information content (AvgIpc) is 3.28. The highest BCUT2D eigenvalue weighted by Crippen LogP contribution is 2.26. The number of aromatic nitrogens is 2. The van der Waals surface area contributed by atoms with Crippen LogP contribution in [0.15, 0.2) is 89.8 Å². The number of methoxy groups -OCH3 is 1. The lowest BCUT2D eigenvalue weighted by atomic mass is 10.1. The van der Waals surface area contributed by atoms with Crippen molar-refractivity contribution in [3.05, 3.63) is 96.2 Å². The lowest BCUT2D eigenvalue weighted by molar-refractivity contribution is 0.0945. The van der Waals surface area contributed by atoms with Crippen LogP contribution in [0.5, 0.6) is 5.75 Å². The molecule has 0 radical (unpaired) electrons. The molecule has 0 aliphatic rings. The molecule has 33 heavy (non-hydrogen) atoms. The van der Waals surface area contributed by atoms with Crippen molar-refractivity contribution in [2.24, 2.45) is 0 Å².